The first-order chi connectivity index (χ1) is 17.1. The van der Waals surface area contributed by atoms with E-state index in [0.717, 1.165) is 26.2 Å². The van der Waals surface area contributed by atoms with Gasteiger partial charge in [-0.15, -0.1) is 0 Å². The van der Waals surface area contributed by atoms with E-state index in [-0.39, 0.29) is 23.9 Å². The topological polar surface area (TPSA) is 93.7 Å². The second-order valence-electron chi connectivity index (χ2n) is 8.63. The maximum atomic E-state index is 13.0. The quantitative estimate of drug-likeness (QED) is 0.395. The molecular formula is C26H27N5O4. The Morgan fingerprint density at radius 2 is 1.60 bits per heavy atom. The third kappa shape index (κ3) is 4.48. The molecule has 5 rings (SSSR count). The van der Waals surface area contributed by atoms with Crippen LogP contribution >= 0.6 is 0 Å². The third-order valence-corrected chi connectivity index (χ3v) is 6.47. The fourth-order valence-electron chi connectivity index (χ4n) is 4.71. The van der Waals surface area contributed by atoms with E-state index in [9.17, 15) is 9.59 Å². The summed E-state index contributed by atoms with van der Waals surface area (Å²) in [6.07, 6.45) is 0. The van der Waals surface area contributed by atoms with E-state index in [4.69, 9.17) is 9.26 Å². The lowest BCUT2D eigenvalue weighted by Gasteiger charge is -2.39. The Morgan fingerprint density at radius 3 is 2.17 bits per heavy atom. The van der Waals surface area contributed by atoms with E-state index in [0.29, 0.717) is 11.1 Å². The van der Waals surface area contributed by atoms with Gasteiger partial charge in [0.25, 0.3) is 5.56 Å². The summed E-state index contributed by atoms with van der Waals surface area (Å²) in [6, 6.07) is 21.2. The summed E-state index contributed by atoms with van der Waals surface area (Å²) < 4.78 is 11.3. The molecule has 35 heavy (non-hydrogen) atoms. The van der Waals surface area contributed by atoms with Crippen LogP contribution in [0.5, 0.6) is 0 Å². The molecule has 1 saturated heterocycles. The summed E-state index contributed by atoms with van der Waals surface area (Å²) in [7, 11) is 1.28. The normalized spacial score (nSPS) is 15.1. The predicted molar refractivity (Wildman–Crippen MR) is 130 cm³/mol. The Hall–Kier alpha value is -3.82. The lowest BCUT2D eigenvalue weighted by Crippen LogP contribution is -2.49. The molecule has 9 heteroatoms. The highest BCUT2D eigenvalue weighted by atomic mass is 16.5. The predicted octanol–water partition coefficient (Wildman–Crippen LogP) is 2.84. The zero-order valence-electron chi connectivity index (χ0n) is 19.8. The van der Waals surface area contributed by atoms with Crippen molar-refractivity contribution in [3.05, 3.63) is 93.6 Å². The van der Waals surface area contributed by atoms with Crippen molar-refractivity contribution >= 4 is 16.9 Å². The number of hydrogen-bond acceptors (Lipinski definition) is 8. The molecule has 1 aliphatic rings. The van der Waals surface area contributed by atoms with Gasteiger partial charge in [0.15, 0.2) is 11.2 Å². The molecule has 0 saturated carbocycles. The number of hydrogen-bond donors (Lipinski definition) is 0. The molecule has 4 aromatic rings. The molecule has 0 amide bonds. The van der Waals surface area contributed by atoms with Crippen LogP contribution in [0.25, 0.3) is 10.9 Å². The SMILES string of the molecule is COC(=O)c1nn(CN2CCN(C(c3ccccc3)c3ccccc3)CC2)c(=O)c2noc(C)c12. The fourth-order valence-corrected chi connectivity index (χ4v) is 4.71. The summed E-state index contributed by atoms with van der Waals surface area (Å²) in [6.45, 7) is 5.01. The van der Waals surface area contributed by atoms with E-state index >= 15 is 0 Å². The van der Waals surface area contributed by atoms with Crippen LogP contribution in [0, 0.1) is 6.92 Å². The number of nitrogens with zero attached hydrogens (tertiary/aromatic N) is 5. The van der Waals surface area contributed by atoms with Crippen LogP contribution < -0.4 is 5.56 Å². The second kappa shape index (κ2) is 9.81. The Morgan fingerprint density at radius 1 is 1.00 bits per heavy atom. The Labute approximate surface area is 202 Å². The fraction of sp³-hybridized carbons (Fsp3) is 0.308. The highest BCUT2D eigenvalue weighted by Crippen LogP contribution is 2.29. The lowest BCUT2D eigenvalue weighted by atomic mass is 9.96. The molecule has 0 aliphatic carbocycles. The van der Waals surface area contributed by atoms with Gasteiger partial charge in [0.2, 0.25) is 0 Å². The summed E-state index contributed by atoms with van der Waals surface area (Å²) >= 11 is 0. The molecule has 0 radical (unpaired) electrons. The van der Waals surface area contributed by atoms with Crippen molar-refractivity contribution in [2.45, 2.75) is 19.6 Å². The number of carbonyl (C=O) groups excluding carboxylic acids is 1. The minimum Gasteiger partial charge on any atom is -0.464 e. The summed E-state index contributed by atoms with van der Waals surface area (Å²) in [4.78, 5) is 30.0. The number of ether oxygens (including phenoxy) is 1. The monoisotopic (exact) mass is 473 g/mol. The first-order valence-electron chi connectivity index (χ1n) is 11.6. The first-order valence-corrected chi connectivity index (χ1v) is 11.6. The average Bonchev–Trinajstić information content (AvgIpc) is 3.29. The highest BCUT2D eigenvalue weighted by molar-refractivity contribution is 6.01. The number of aromatic nitrogens is 3. The van der Waals surface area contributed by atoms with Gasteiger partial charge in [0.1, 0.15) is 5.76 Å². The van der Waals surface area contributed by atoms with Crippen LogP contribution in [0.3, 0.4) is 0 Å². The van der Waals surface area contributed by atoms with Gasteiger partial charge < -0.3 is 9.26 Å². The Kier molecular flexibility index (Phi) is 6.43. The molecule has 9 nitrogen and oxygen atoms in total. The van der Waals surface area contributed by atoms with Crippen LogP contribution in [-0.2, 0) is 11.4 Å². The Balaban J connectivity index is 1.37. The number of carbonyl (C=O) groups is 1. The van der Waals surface area contributed by atoms with Gasteiger partial charge in [-0.1, -0.05) is 65.8 Å². The van der Waals surface area contributed by atoms with Crippen LogP contribution in [0.1, 0.15) is 33.4 Å². The third-order valence-electron chi connectivity index (χ3n) is 6.47. The molecular weight excluding hydrogens is 446 g/mol. The van der Waals surface area contributed by atoms with E-state index in [1.165, 1.54) is 22.9 Å². The van der Waals surface area contributed by atoms with Gasteiger partial charge in [-0.05, 0) is 18.1 Å². The number of rotatable bonds is 6. The van der Waals surface area contributed by atoms with E-state index in [1.807, 2.05) is 12.1 Å². The first kappa shape index (κ1) is 22.9. The summed E-state index contributed by atoms with van der Waals surface area (Å²) in [5.74, 6) is -0.271. The van der Waals surface area contributed by atoms with Crippen molar-refractivity contribution in [1.29, 1.82) is 0 Å². The van der Waals surface area contributed by atoms with Crippen LogP contribution in [-0.4, -0.2) is 64.0 Å². The van der Waals surface area contributed by atoms with Crippen molar-refractivity contribution in [3.63, 3.8) is 0 Å². The molecule has 2 aromatic carbocycles. The minimum absolute atomic E-state index is 0.0349. The molecule has 0 spiro atoms. The van der Waals surface area contributed by atoms with Gasteiger partial charge >= 0.3 is 5.97 Å². The van der Waals surface area contributed by atoms with E-state index < -0.39 is 11.5 Å². The molecule has 0 atom stereocenters. The molecule has 3 heterocycles. The van der Waals surface area contributed by atoms with Gasteiger partial charge in [-0.3, -0.25) is 14.6 Å². The zero-order valence-corrected chi connectivity index (χ0v) is 19.8. The second-order valence-corrected chi connectivity index (χ2v) is 8.63. The van der Waals surface area contributed by atoms with Crippen LogP contribution in [0.2, 0.25) is 0 Å². The number of methoxy groups -OCH3 is 1. The molecule has 2 aromatic heterocycles. The van der Waals surface area contributed by atoms with E-state index in [2.05, 4.69) is 68.6 Å². The minimum atomic E-state index is -0.631. The van der Waals surface area contributed by atoms with Gasteiger partial charge in [-0.25, -0.2) is 9.48 Å². The van der Waals surface area contributed by atoms with Gasteiger partial charge in [0.05, 0.1) is 25.2 Å². The molecule has 180 valence electrons. The largest absolute Gasteiger partial charge is 0.464 e. The lowest BCUT2D eigenvalue weighted by molar-refractivity contribution is 0.0587. The molecule has 0 N–H and O–H groups in total. The van der Waals surface area contributed by atoms with Gasteiger partial charge in [0, 0.05) is 26.2 Å². The smallest absolute Gasteiger partial charge is 0.359 e. The van der Waals surface area contributed by atoms with Crippen molar-refractivity contribution in [2.75, 3.05) is 33.3 Å². The average molecular weight is 474 g/mol. The summed E-state index contributed by atoms with van der Waals surface area (Å²) in [5, 5.41) is 8.49. The van der Waals surface area contributed by atoms with Crippen molar-refractivity contribution in [1.82, 2.24) is 24.7 Å². The summed E-state index contributed by atoms with van der Waals surface area (Å²) in [5.41, 5.74) is 2.23. The molecule has 1 aliphatic heterocycles. The maximum Gasteiger partial charge on any atom is 0.359 e. The molecule has 0 bridgehead atoms. The van der Waals surface area contributed by atoms with Crippen LogP contribution in [0.4, 0.5) is 0 Å². The van der Waals surface area contributed by atoms with Crippen molar-refractivity contribution in [2.24, 2.45) is 0 Å². The maximum absolute atomic E-state index is 13.0. The van der Waals surface area contributed by atoms with Crippen molar-refractivity contribution in [3.8, 4) is 0 Å². The van der Waals surface area contributed by atoms with Crippen LogP contribution in [0.15, 0.2) is 70.0 Å². The molecule has 0 unspecified atom stereocenters. The van der Waals surface area contributed by atoms with Crippen molar-refractivity contribution < 1.29 is 14.1 Å². The Bertz CT molecular complexity index is 1340. The number of piperazine rings is 1. The number of benzene rings is 2. The zero-order chi connectivity index (χ0) is 24.4. The number of aryl methyl sites for hydroxylation is 1. The standard InChI is InChI=1S/C26H27N5O4/c1-18-21-22(28-35-18)25(32)31(27-23(21)26(33)34-2)17-29-13-15-30(16-14-29)24(19-9-5-3-6-10-19)20-11-7-4-8-12-20/h3-12,24H,13-17H2,1-2H3. The number of fused-ring (bicyclic) bond motifs is 1. The van der Waals surface area contributed by atoms with E-state index in [1.54, 1.807) is 6.92 Å². The number of esters is 1. The van der Waals surface area contributed by atoms with Gasteiger partial charge in [-0.2, -0.15) is 5.10 Å². The highest BCUT2D eigenvalue weighted by Gasteiger charge is 2.28. The molecule has 1 fully saturated rings.